The zero-order valence-corrected chi connectivity index (χ0v) is 11.5. The van der Waals surface area contributed by atoms with Gasteiger partial charge in [0.2, 0.25) is 0 Å². The minimum atomic E-state index is -4.75. The molecule has 1 fully saturated rings. The van der Waals surface area contributed by atoms with E-state index in [1.807, 2.05) is 7.05 Å². The number of anilines is 1. The lowest BCUT2D eigenvalue weighted by Crippen LogP contribution is -2.27. The van der Waals surface area contributed by atoms with Crippen LogP contribution >= 0.6 is 0 Å². The molecule has 1 aliphatic rings. The van der Waals surface area contributed by atoms with Crippen molar-refractivity contribution in [2.45, 2.75) is 25.1 Å². The second-order valence-corrected chi connectivity index (χ2v) is 5.13. The average molecular weight is 303 g/mol. The van der Waals surface area contributed by atoms with Gasteiger partial charge in [0.25, 0.3) is 5.69 Å². The minimum absolute atomic E-state index is 0.233. The Kier molecular flexibility index (Phi) is 4.36. The Hall–Kier alpha value is -1.83. The normalized spacial score (nSPS) is 15.3. The molecule has 0 unspecified atom stereocenters. The van der Waals surface area contributed by atoms with E-state index in [0.29, 0.717) is 19.1 Å². The van der Waals surface area contributed by atoms with Crippen LogP contribution in [0.15, 0.2) is 18.2 Å². The number of hydrogen-bond donors (Lipinski definition) is 1. The first-order valence-electron chi connectivity index (χ1n) is 6.59. The third kappa shape index (κ3) is 4.07. The van der Waals surface area contributed by atoms with E-state index in [0.717, 1.165) is 25.0 Å². The fourth-order valence-electron chi connectivity index (χ4n) is 2.11. The maximum Gasteiger partial charge on any atom is 0.423 e. The first kappa shape index (κ1) is 15.6. The van der Waals surface area contributed by atoms with Gasteiger partial charge in [-0.3, -0.25) is 10.1 Å². The summed E-state index contributed by atoms with van der Waals surface area (Å²) in [7, 11) is 1.97. The molecule has 8 heteroatoms. The van der Waals surface area contributed by atoms with E-state index in [4.69, 9.17) is 0 Å². The third-order valence-corrected chi connectivity index (χ3v) is 3.46. The summed E-state index contributed by atoms with van der Waals surface area (Å²) in [5.41, 5.74) is -1.92. The van der Waals surface area contributed by atoms with Crippen molar-refractivity contribution in [3.8, 4) is 0 Å². The van der Waals surface area contributed by atoms with E-state index in [1.165, 1.54) is 6.07 Å². The first-order chi connectivity index (χ1) is 9.79. The Morgan fingerprint density at radius 1 is 1.43 bits per heavy atom. The molecular weight excluding hydrogens is 287 g/mol. The predicted molar refractivity (Wildman–Crippen MR) is 72.2 cm³/mol. The highest BCUT2D eigenvalue weighted by Crippen LogP contribution is 2.37. The van der Waals surface area contributed by atoms with Crippen molar-refractivity contribution in [3.63, 3.8) is 0 Å². The largest absolute Gasteiger partial charge is 0.423 e. The number of halogens is 3. The molecule has 1 aromatic carbocycles. The molecule has 5 nitrogen and oxygen atoms in total. The molecule has 1 saturated carbocycles. The number of alkyl halides is 3. The second kappa shape index (κ2) is 5.88. The summed E-state index contributed by atoms with van der Waals surface area (Å²) < 4.78 is 38.4. The van der Waals surface area contributed by atoms with Crippen LogP contribution in [0.4, 0.5) is 24.5 Å². The topological polar surface area (TPSA) is 58.4 Å². The Balaban J connectivity index is 2.04. The molecule has 1 aliphatic carbocycles. The summed E-state index contributed by atoms with van der Waals surface area (Å²) in [6, 6.07) is 3.55. The molecule has 116 valence electrons. The van der Waals surface area contributed by atoms with Crippen LogP contribution in [-0.4, -0.2) is 36.0 Å². The molecule has 0 bridgehead atoms. The zero-order chi connectivity index (χ0) is 15.6. The van der Waals surface area contributed by atoms with Crippen LogP contribution in [0.5, 0.6) is 0 Å². The van der Waals surface area contributed by atoms with E-state index >= 15 is 0 Å². The number of nitro groups is 1. The maximum atomic E-state index is 12.8. The van der Waals surface area contributed by atoms with Crippen molar-refractivity contribution < 1.29 is 18.1 Å². The van der Waals surface area contributed by atoms with E-state index in [2.05, 4.69) is 10.2 Å². The van der Waals surface area contributed by atoms with E-state index in [9.17, 15) is 23.3 Å². The van der Waals surface area contributed by atoms with Crippen molar-refractivity contribution >= 4 is 11.4 Å². The van der Waals surface area contributed by atoms with Gasteiger partial charge >= 0.3 is 6.18 Å². The Morgan fingerprint density at radius 3 is 2.62 bits per heavy atom. The standard InChI is InChI=1S/C13H16F3N3O2/c1-18(10-3-4-10)7-6-17-9-2-5-12(19(20)21)11(8-9)13(14,15)16/h2,5,8,10,17H,3-4,6-7H2,1H3. The lowest BCUT2D eigenvalue weighted by Gasteiger charge is -2.17. The highest BCUT2D eigenvalue weighted by Gasteiger charge is 2.38. The summed E-state index contributed by atoms with van der Waals surface area (Å²) in [6.07, 6.45) is -2.43. The zero-order valence-electron chi connectivity index (χ0n) is 11.5. The average Bonchev–Trinajstić information content (AvgIpc) is 3.21. The van der Waals surface area contributed by atoms with Crippen LogP contribution in [-0.2, 0) is 6.18 Å². The summed E-state index contributed by atoms with van der Waals surface area (Å²) in [4.78, 5) is 11.8. The van der Waals surface area contributed by atoms with Crippen molar-refractivity contribution in [1.82, 2.24) is 4.90 Å². The lowest BCUT2D eigenvalue weighted by atomic mass is 10.1. The van der Waals surface area contributed by atoms with Gasteiger partial charge in [-0.1, -0.05) is 0 Å². The third-order valence-electron chi connectivity index (χ3n) is 3.46. The van der Waals surface area contributed by atoms with Crippen LogP contribution < -0.4 is 5.32 Å². The molecule has 0 spiro atoms. The fraction of sp³-hybridized carbons (Fsp3) is 0.538. The molecule has 0 saturated heterocycles. The van der Waals surface area contributed by atoms with Gasteiger partial charge in [0.15, 0.2) is 0 Å². The molecular formula is C13H16F3N3O2. The number of likely N-dealkylation sites (N-methyl/N-ethyl adjacent to an activating group) is 1. The van der Waals surface area contributed by atoms with Gasteiger partial charge < -0.3 is 10.2 Å². The van der Waals surface area contributed by atoms with Gasteiger partial charge in [0.1, 0.15) is 5.56 Å². The van der Waals surface area contributed by atoms with Crippen molar-refractivity contribution in [2.75, 3.05) is 25.5 Å². The Morgan fingerprint density at radius 2 is 2.10 bits per heavy atom. The number of nitrogens with one attached hydrogen (secondary N) is 1. The van der Waals surface area contributed by atoms with Crippen LogP contribution in [0.2, 0.25) is 0 Å². The number of nitro benzene ring substituents is 1. The minimum Gasteiger partial charge on any atom is -0.384 e. The molecule has 0 aliphatic heterocycles. The SMILES string of the molecule is CN(CCNc1ccc([N+](=O)[O-])c(C(F)(F)F)c1)C1CC1. The van der Waals surface area contributed by atoms with Gasteiger partial charge in [-0.2, -0.15) is 13.2 Å². The number of benzene rings is 1. The summed E-state index contributed by atoms with van der Waals surface area (Å²) in [5, 5.41) is 13.5. The molecule has 1 aromatic rings. The molecule has 0 radical (unpaired) electrons. The molecule has 0 heterocycles. The first-order valence-corrected chi connectivity index (χ1v) is 6.59. The molecule has 2 rings (SSSR count). The van der Waals surface area contributed by atoms with Crippen LogP contribution in [0.25, 0.3) is 0 Å². The highest BCUT2D eigenvalue weighted by molar-refractivity contribution is 5.55. The maximum absolute atomic E-state index is 12.8. The van der Waals surface area contributed by atoms with E-state index in [-0.39, 0.29) is 5.69 Å². The van der Waals surface area contributed by atoms with Crippen LogP contribution in [0.1, 0.15) is 18.4 Å². The predicted octanol–water partition coefficient (Wildman–Crippen LogP) is 3.12. The van der Waals surface area contributed by atoms with Gasteiger partial charge in [0.05, 0.1) is 4.92 Å². The van der Waals surface area contributed by atoms with E-state index < -0.39 is 22.4 Å². The summed E-state index contributed by atoms with van der Waals surface area (Å²) in [6.45, 7) is 1.20. The van der Waals surface area contributed by atoms with Crippen molar-refractivity contribution in [3.05, 3.63) is 33.9 Å². The van der Waals surface area contributed by atoms with Gasteiger partial charge in [-0.15, -0.1) is 0 Å². The second-order valence-electron chi connectivity index (χ2n) is 5.13. The lowest BCUT2D eigenvalue weighted by molar-refractivity contribution is -0.388. The van der Waals surface area contributed by atoms with Crippen molar-refractivity contribution in [2.24, 2.45) is 0 Å². The molecule has 0 aromatic heterocycles. The quantitative estimate of drug-likeness (QED) is 0.648. The van der Waals surface area contributed by atoms with Crippen LogP contribution in [0.3, 0.4) is 0 Å². The van der Waals surface area contributed by atoms with E-state index in [1.54, 1.807) is 0 Å². The molecule has 21 heavy (non-hydrogen) atoms. The summed E-state index contributed by atoms with van der Waals surface area (Å²) in [5.74, 6) is 0. The molecule has 0 atom stereocenters. The van der Waals surface area contributed by atoms with Crippen molar-refractivity contribution in [1.29, 1.82) is 0 Å². The van der Waals surface area contributed by atoms with Gasteiger partial charge in [-0.25, -0.2) is 0 Å². The smallest absolute Gasteiger partial charge is 0.384 e. The Labute approximate surface area is 119 Å². The Bertz CT molecular complexity index is 530. The van der Waals surface area contributed by atoms with Gasteiger partial charge in [0, 0.05) is 30.9 Å². The van der Waals surface area contributed by atoms with Gasteiger partial charge in [-0.05, 0) is 32.0 Å². The number of nitrogens with zero attached hydrogens (tertiary/aromatic N) is 2. The fourth-order valence-corrected chi connectivity index (χ4v) is 2.11. The number of hydrogen-bond acceptors (Lipinski definition) is 4. The highest BCUT2D eigenvalue weighted by atomic mass is 19.4. The monoisotopic (exact) mass is 303 g/mol. The van der Waals surface area contributed by atoms with Crippen LogP contribution in [0, 0.1) is 10.1 Å². The number of rotatable bonds is 6. The summed E-state index contributed by atoms with van der Waals surface area (Å²) >= 11 is 0. The molecule has 1 N–H and O–H groups in total. The molecule has 0 amide bonds.